The molecule has 1 N–H and O–H groups in total. The Morgan fingerprint density at radius 3 is 2.89 bits per heavy atom. The van der Waals surface area contributed by atoms with Gasteiger partial charge in [0.15, 0.2) is 0 Å². The first kappa shape index (κ1) is 13.3. The zero-order valence-electron chi connectivity index (χ0n) is 11.7. The monoisotopic (exact) mass is 248 g/mol. The molecule has 2 heterocycles. The van der Waals surface area contributed by atoms with Gasteiger partial charge in [0.1, 0.15) is 5.82 Å². The number of hydrogen-bond acceptors (Lipinski definition) is 4. The third-order valence-electron chi connectivity index (χ3n) is 3.31. The SMILES string of the molecule is CC(C)(C)NCC1CCCN(c2cnccn2)C1. The van der Waals surface area contributed by atoms with Crippen molar-refractivity contribution in [2.45, 2.75) is 39.2 Å². The van der Waals surface area contributed by atoms with Crippen LogP contribution in [0.2, 0.25) is 0 Å². The Labute approximate surface area is 110 Å². The quantitative estimate of drug-likeness (QED) is 0.889. The number of nitrogens with one attached hydrogen (secondary N) is 1. The maximum absolute atomic E-state index is 4.39. The number of rotatable bonds is 3. The maximum atomic E-state index is 4.39. The third kappa shape index (κ3) is 3.95. The predicted octanol–water partition coefficient (Wildman–Crippen LogP) is 2.08. The van der Waals surface area contributed by atoms with E-state index in [1.54, 1.807) is 12.4 Å². The Morgan fingerprint density at radius 2 is 2.22 bits per heavy atom. The van der Waals surface area contributed by atoms with Gasteiger partial charge in [-0.25, -0.2) is 4.98 Å². The number of aromatic nitrogens is 2. The summed E-state index contributed by atoms with van der Waals surface area (Å²) in [5.41, 5.74) is 0.203. The van der Waals surface area contributed by atoms with E-state index in [-0.39, 0.29) is 5.54 Å². The van der Waals surface area contributed by atoms with Crippen molar-refractivity contribution in [1.29, 1.82) is 0 Å². The lowest BCUT2D eigenvalue weighted by molar-refractivity contribution is 0.335. The molecule has 1 aliphatic heterocycles. The third-order valence-corrected chi connectivity index (χ3v) is 3.31. The van der Waals surface area contributed by atoms with Crippen LogP contribution in [0.15, 0.2) is 18.6 Å². The highest BCUT2D eigenvalue weighted by Crippen LogP contribution is 2.20. The van der Waals surface area contributed by atoms with Crippen molar-refractivity contribution in [2.24, 2.45) is 5.92 Å². The summed E-state index contributed by atoms with van der Waals surface area (Å²) < 4.78 is 0. The van der Waals surface area contributed by atoms with E-state index >= 15 is 0 Å². The Hall–Kier alpha value is -1.16. The van der Waals surface area contributed by atoms with Gasteiger partial charge in [0, 0.05) is 37.6 Å². The molecule has 0 amide bonds. The molecule has 1 unspecified atom stereocenters. The minimum atomic E-state index is 0.203. The van der Waals surface area contributed by atoms with Gasteiger partial charge in [0.2, 0.25) is 0 Å². The van der Waals surface area contributed by atoms with Crippen LogP contribution in [0.5, 0.6) is 0 Å². The van der Waals surface area contributed by atoms with Crippen molar-refractivity contribution in [3.8, 4) is 0 Å². The number of anilines is 1. The zero-order valence-corrected chi connectivity index (χ0v) is 11.7. The van der Waals surface area contributed by atoms with E-state index in [0.717, 1.165) is 25.5 Å². The molecule has 18 heavy (non-hydrogen) atoms. The summed E-state index contributed by atoms with van der Waals surface area (Å²) in [4.78, 5) is 10.9. The lowest BCUT2D eigenvalue weighted by Gasteiger charge is -2.35. The molecule has 4 nitrogen and oxygen atoms in total. The fourth-order valence-electron chi connectivity index (χ4n) is 2.34. The van der Waals surface area contributed by atoms with Gasteiger partial charge < -0.3 is 10.2 Å². The summed E-state index contributed by atoms with van der Waals surface area (Å²) in [6, 6.07) is 0. The van der Waals surface area contributed by atoms with Crippen LogP contribution in [0, 0.1) is 5.92 Å². The molecule has 0 spiro atoms. The molecule has 4 heteroatoms. The van der Waals surface area contributed by atoms with E-state index in [4.69, 9.17) is 0 Å². The van der Waals surface area contributed by atoms with Crippen molar-refractivity contribution >= 4 is 5.82 Å². The lowest BCUT2D eigenvalue weighted by atomic mass is 9.96. The maximum Gasteiger partial charge on any atom is 0.147 e. The summed E-state index contributed by atoms with van der Waals surface area (Å²) >= 11 is 0. The molecule has 1 atom stereocenters. The van der Waals surface area contributed by atoms with Crippen LogP contribution < -0.4 is 10.2 Å². The van der Waals surface area contributed by atoms with Gasteiger partial charge in [-0.05, 0) is 39.5 Å². The summed E-state index contributed by atoms with van der Waals surface area (Å²) in [6.45, 7) is 9.93. The molecule has 1 aromatic heterocycles. The van der Waals surface area contributed by atoms with Crippen molar-refractivity contribution in [3.05, 3.63) is 18.6 Å². The lowest BCUT2D eigenvalue weighted by Crippen LogP contribution is -2.44. The van der Waals surface area contributed by atoms with Gasteiger partial charge in [-0.15, -0.1) is 0 Å². The standard InChI is InChI=1S/C14H24N4/c1-14(2,3)17-9-12-5-4-8-18(11-12)13-10-15-6-7-16-13/h6-7,10,12,17H,4-5,8-9,11H2,1-3H3. The average molecular weight is 248 g/mol. The van der Waals surface area contributed by atoms with E-state index in [0.29, 0.717) is 5.92 Å². The summed E-state index contributed by atoms with van der Waals surface area (Å²) in [5, 5.41) is 3.60. The second-order valence-corrected chi connectivity index (χ2v) is 6.15. The second-order valence-electron chi connectivity index (χ2n) is 6.15. The van der Waals surface area contributed by atoms with Crippen LogP contribution in [0.1, 0.15) is 33.6 Å². The fraction of sp³-hybridized carbons (Fsp3) is 0.714. The van der Waals surface area contributed by atoms with Gasteiger partial charge in [-0.3, -0.25) is 4.98 Å². The normalized spacial score (nSPS) is 21.1. The zero-order chi connectivity index (χ0) is 13.0. The molecular weight excluding hydrogens is 224 g/mol. The average Bonchev–Trinajstić information content (AvgIpc) is 2.37. The van der Waals surface area contributed by atoms with E-state index < -0.39 is 0 Å². The number of piperidine rings is 1. The van der Waals surface area contributed by atoms with E-state index in [1.807, 2.05) is 6.20 Å². The van der Waals surface area contributed by atoms with Gasteiger partial charge in [-0.1, -0.05) is 0 Å². The van der Waals surface area contributed by atoms with Gasteiger partial charge in [-0.2, -0.15) is 0 Å². The molecule has 100 valence electrons. The molecular formula is C14H24N4. The van der Waals surface area contributed by atoms with E-state index in [2.05, 4.69) is 41.0 Å². The van der Waals surface area contributed by atoms with Crippen molar-refractivity contribution in [1.82, 2.24) is 15.3 Å². The van der Waals surface area contributed by atoms with Crippen molar-refractivity contribution < 1.29 is 0 Å². The van der Waals surface area contributed by atoms with Gasteiger partial charge >= 0.3 is 0 Å². The highest BCUT2D eigenvalue weighted by molar-refractivity contribution is 5.35. The van der Waals surface area contributed by atoms with Crippen LogP contribution >= 0.6 is 0 Å². The predicted molar refractivity (Wildman–Crippen MR) is 74.7 cm³/mol. The topological polar surface area (TPSA) is 41.0 Å². The Morgan fingerprint density at radius 1 is 1.39 bits per heavy atom. The minimum Gasteiger partial charge on any atom is -0.355 e. The van der Waals surface area contributed by atoms with Crippen molar-refractivity contribution in [3.63, 3.8) is 0 Å². The first-order valence-corrected chi connectivity index (χ1v) is 6.80. The Balaban J connectivity index is 1.89. The number of hydrogen-bond donors (Lipinski definition) is 1. The fourth-order valence-corrected chi connectivity index (χ4v) is 2.34. The summed E-state index contributed by atoms with van der Waals surface area (Å²) in [5.74, 6) is 1.72. The molecule has 0 aromatic carbocycles. The van der Waals surface area contributed by atoms with Crippen LogP contribution in [-0.2, 0) is 0 Å². The van der Waals surface area contributed by atoms with E-state index in [9.17, 15) is 0 Å². The molecule has 0 bridgehead atoms. The smallest absolute Gasteiger partial charge is 0.147 e. The second kappa shape index (κ2) is 5.65. The minimum absolute atomic E-state index is 0.203. The molecule has 1 saturated heterocycles. The molecule has 0 saturated carbocycles. The molecule has 0 radical (unpaired) electrons. The molecule has 1 fully saturated rings. The molecule has 2 rings (SSSR count). The molecule has 1 aromatic rings. The van der Waals surface area contributed by atoms with Crippen LogP contribution in [0.4, 0.5) is 5.82 Å². The van der Waals surface area contributed by atoms with Gasteiger partial charge in [0.05, 0.1) is 6.20 Å². The van der Waals surface area contributed by atoms with Crippen LogP contribution in [-0.4, -0.2) is 35.1 Å². The highest BCUT2D eigenvalue weighted by Gasteiger charge is 2.22. The first-order valence-electron chi connectivity index (χ1n) is 6.80. The van der Waals surface area contributed by atoms with Gasteiger partial charge in [0.25, 0.3) is 0 Å². The molecule has 0 aliphatic carbocycles. The van der Waals surface area contributed by atoms with Crippen LogP contribution in [0.3, 0.4) is 0 Å². The summed E-state index contributed by atoms with van der Waals surface area (Å²) in [7, 11) is 0. The summed E-state index contributed by atoms with van der Waals surface area (Å²) in [6.07, 6.45) is 7.91. The van der Waals surface area contributed by atoms with Crippen LogP contribution in [0.25, 0.3) is 0 Å². The first-order chi connectivity index (χ1) is 8.54. The van der Waals surface area contributed by atoms with E-state index in [1.165, 1.54) is 12.8 Å². The molecule has 1 aliphatic rings. The van der Waals surface area contributed by atoms with Crippen molar-refractivity contribution in [2.75, 3.05) is 24.5 Å². The largest absolute Gasteiger partial charge is 0.355 e. The Bertz CT molecular complexity index is 358. The highest BCUT2D eigenvalue weighted by atomic mass is 15.2. The number of nitrogens with zero attached hydrogens (tertiary/aromatic N) is 3. The Kier molecular flexibility index (Phi) is 4.17.